The van der Waals surface area contributed by atoms with Gasteiger partial charge in [0.15, 0.2) is 11.7 Å². The van der Waals surface area contributed by atoms with Gasteiger partial charge in [0.05, 0.1) is 11.1 Å². The molecular weight excluding hydrogens is 362 g/mol. The molecule has 0 spiro atoms. The molecular formula is C20H23N3O3S. The van der Waals surface area contributed by atoms with Crippen molar-refractivity contribution in [2.24, 2.45) is 0 Å². The summed E-state index contributed by atoms with van der Waals surface area (Å²) < 4.78 is 33.8. The molecule has 0 bridgehead atoms. The van der Waals surface area contributed by atoms with Crippen LogP contribution in [0.1, 0.15) is 17.0 Å². The van der Waals surface area contributed by atoms with E-state index in [1.54, 1.807) is 32.2 Å². The smallest absolute Gasteiger partial charge is 0.241 e. The van der Waals surface area contributed by atoms with Crippen LogP contribution in [0.4, 0.5) is 5.69 Å². The van der Waals surface area contributed by atoms with Gasteiger partial charge in [0.2, 0.25) is 10.0 Å². The molecule has 6 nitrogen and oxygen atoms in total. The van der Waals surface area contributed by atoms with Crippen LogP contribution in [0, 0.1) is 13.8 Å². The third kappa shape index (κ3) is 4.37. The summed E-state index contributed by atoms with van der Waals surface area (Å²) in [5.41, 5.74) is 3.30. The van der Waals surface area contributed by atoms with Crippen molar-refractivity contribution in [3.8, 4) is 11.3 Å². The summed E-state index contributed by atoms with van der Waals surface area (Å²) >= 11 is 0. The Bertz CT molecular complexity index is 1040. The fourth-order valence-electron chi connectivity index (χ4n) is 2.71. The van der Waals surface area contributed by atoms with Gasteiger partial charge in [0.1, 0.15) is 0 Å². The second-order valence-electron chi connectivity index (χ2n) is 6.61. The molecule has 7 heteroatoms. The minimum atomic E-state index is -3.66. The number of rotatable bonds is 6. The standard InChI is InChI=1S/C20H23N3O3S/c1-14-5-8-17(19-13-21-15(2)26-19)11-20(14)27(24,25)22-12-16-6-9-18(10-7-16)23(3)4/h5-11,13,22H,12H2,1-4H3. The molecule has 0 atom stereocenters. The number of nitrogens with one attached hydrogen (secondary N) is 1. The molecule has 3 aromatic rings. The predicted octanol–water partition coefficient (Wildman–Crippen LogP) is 3.50. The Hall–Kier alpha value is -2.64. The summed E-state index contributed by atoms with van der Waals surface area (Å²) in [5.74, 6) is 1.08. The van der Waals surface area contributed by atoms with Crippen molar-refractivity contribution in [1.29, 1.82) is 0 Å². The minimum absolute atomic E-state index is 0.223. The van der Waals surface area contributed by atoms with E-state index in [9.17, 15) is 8.42 Å². The minimum Gasteiger partial charge on any atom is -0.441 e. The summed E-state index contributed by atoms with van der Waals surface area (Å²) in [5, 5.41) is 0. The molecule has 0 fully saturated rings. The number of aryl methyl sites for hydroxylation is 2. The van der Waals surface area contributed by atoms with Crippen molar-refractivity contribution >= 4 is 15.7 Å². The van der Waals surface area contributed by atoms with Gasteiger partial charge < -0.3 is 9.32 Å². The number of anilines is 1. The molecule has 1 heterocycles. The Morgan fingerprint density at radius 2 is 1.78 bits per heavy atom. The molecule has 27 heavy (non-hydrogen) atoms. The van der Waals surface area contributed by atoms with Crippen LogP contribution in [0.3, 0.4) is 0 Å². The first-order valence-electron chi connectivity index (χ1n) is 8.55. The van der Waals surface area contributed by atoms with E-state index in [4.69, 9.17) is 4.42 Å². The number of hydrogen-bond acceptors (Lipinski definition) is 5. The van der Waals surface area contributed by atoms with Gasteiger partial charge in [-0.1, -0.05) is 24.3 Å². The van der Waals surface area contributed by atoms with Crippen LogP contribution in [0.25, 0.3) is 11.3 Å². The zero-order chi connectivity index (χ0) is 19.6. The van der Waals surface area contributed by atoms with Gasteiger partial charge in [-0.25, -0.2) is 18.1 Å². The molecule has 1 aromatic heterocycles. The Kier molecular flexibility index (Phi) is 5.34. The van der Waals surface area contributed by atoms with Crippen LogP contribution in [0.15, 0.2) is 58.0 Å². The highest BCUT2D eigenvalue weighted by Crippen LogP contribution is 2.26. The highest BCUT2D eigenvalue weighted by Gasteiger charge is 2.18. The first kappa shape index (κ1) is 19.1. The Morgan fingerprint density at radius 3 is 2.37 bits per heavy atom. The molecule has 0 aliphatic heterocycles. The second kappa shape index (κ2) is 7.54. The van der Waals surface area contributed by atoms with Gasteiger partial charge in [-0.3, -0.25) is 0 Å². The van der Waals surface area contributed by atoms with Gasteiger partial charge >= 0.3 is 0 Å². The monoisotopic (exact) mass is 385 g/mol. The average Bonchev–Trinajstić information content (AvgIpc) is 3.07. The third-order valence-electron chi connectivity index (χ3n) is 4.30. The zero-order valence-electron chi connectivity index (χ0n) is 15.9. The van der Waals surface area contributed by atoms with Crippen molar-refractivity contribution in [3.63, 3.8) is 0 Å². The fraction of sp³-hybridized carbons (Fsp3) is 0.250. The Balaban J connectivity index is 1.81. The lowest BCUT2D eigenvalue weighted by molar-refractivity contribution is 0.534. The van der Waals surface area contributed by atoms with Crippen LogP contribution in [0.5, 0.6) is 0 Å². The largest absolute Gasteiger partial charge is 0.441 e. The van der Waals surface area contributed by atoms with Gasteiger partial charge in [-0.15, -0.1) is 0 Å². The summed E-state index contributed by atoms with van der Waals surface area (Å²) in [7, 11) is 0.262. The number of hydrogen-bond donors (Lipinski definition) is 1. The fourth-order valence-corrected chi connectivity index (χ4v) is 3.99. The van der Waals surface area contributed by atoms with E-state index in [2.05, 4.69) is 9.71 Å². The number of benzene rings is 2. The predicted molar refractivity (Wildman–Crippen MR) is 106 cm³/mol. The molecule has 0 aliphatic carbocycles. The average molecular weight is 385 g/mol. The number of aromatic nitrogens is 1. The van der Waals surface area contributed by atoms with E-state index in [1.807, 2.05) is 49.3 Å². The van der Waals surface area contributed by atoms with Crippen molar-refractivity contribution in [2.75, 3.05) is 19.0 Å². The van der Waals surface area contributed by atoms with Crippen molar-refractivity contribution in [2.45, 2.75) is 25.3 Å². The highest BCUT2D eigenvalue weighted by molar-refractivity contribution is 7.89. The van der Waals surface area contributed by atoms with E-state index in [-0.39, 0.29) is 11.4 Å². The first-order valence-corrected chi connectivity index (χ1v) is 10.0. The summed E-state index contributed by atoms with van der Waals surface area (Å²) in [6.07, 6.45) is 1.59. The van der Waals surface area contributed by atoms with Crippen LogP contribution in [-0.4, -0.2) is 27.5 Å². The van der Waals surface area contributed by atoms with E-state index >= 15 is 0 Å². The van der Waals surface area contributed by atoms with Crippen LogP contribution >= 0.6 is 0 Å². The molecule has 0 unspecified atom stereocenters. The van der Waals surface area contributed by atoms with E-state index in [0.29, 0.717) is 22.8 Å². The van der Waals surface area contributed by atoms with Crippen molar-refractivity contribution < 1.29 is 12.8 Å². The SMILES string of the molecule is Cc1ncc(-c2ccc(C)c(S(=O)(=O)NCc3ccc(N(C)C)cc3)c2)o1. The molecule has 142 valence electrons. The third-order valence-corrected chi connectivity index (χ3v) is 5.85. The number of oxazole rings is 1. The molecule has 1 N–H and O–H groups in total. The Morgan fingerprint density at radius 1 is 1.07 bits per heavy atom. The van der Waals surface area contributed by atoms with Crippen LogP contribution in [0.2, 0.25) is 0 Å². The molecule has 0 aliphatic rings. The van der Waals surface area contributed by atoms with Crippen molar-refractivity contribution in [3.05, 3.63) is 65.7 Å². The maximum Gasteiger partial charge on any atom is 0.241 e. The molecule has 3 rings (SSSR count). The lowest BCUT2D eigenvalue weighted by atomic mass is 10.1. The summed E-state index contributed by atoms with van der Waals surface area (Å²) in [6.45, 7) is 3.75. The van der Waals surface area contributed by atoms with E-state index < -0.39 is 10.0 Å². The second-order valence-corrected chi connectivity index (χ2v) is 8.34. The maximum absolute atomic E-state index is 12.8. The lowest BCUT2D eigenvalue weighted by Crippen LogP contribution is -2.24. The quantitative estimate of drug-likeness (QED) is 0.703. The van der Waals surface area contributed by atoms with Gasteiger partial charge in [-0.05, 0) is 36.2 Å². The molecule has 0 radical (unpaired) electrons. The number of sulfonamides is 1. The lowest BCUT2D eigenvalue weighted by Gasteiger charge is -2.13. The van der Waals surface area contributed by atoms with Gasteiger partial charge in [-0.2, -0.15) is 0 Å². The summed E-state index contributed by atoms with van der Waals surface area (Å²) in [4.78, 5) is 6.30. The van der Waals surface area contributed by atoms with Crippen LogP contribution < -0.4 is 9.62 Å². The maximum atomic E-state index is 12.8. The summed E-state index contributed by atoms with van der Waals surface area (Å²) in [6, 6.07) is 13.0. The first-order chi connectivity index (χ1) is 12.8. The van der Waals surface area contributed by atoms with Crippen LogP contribution in [-0.2, 0) is 16.6 Å². The zero-order valence-corrected chi connectivity index (χ0v) is 16.7. The molecule has 0 amide bonds. The van der Waals surface area contributed by atoms with Crippen molar-refractivity contribution in [1.82, 2.24) is 9.71 Å². The highest BCUT2D eigenvalue weighted by atomic mass is 32.2. The molecule has 0 saturated heterocycles. The van der Waals surface area contributed by atoms with Gasteiger partial charge in [0.25, 0.3) is 0 Å². The number of nitrogens with zero attached hydrogens (tertiary/aromatic N) is 2. The topological polar surface area (TPSA) is 75.4 Å². The van der Waals surface area contributed by atoms with E-state index in [0.717, 1.165) is 11.3 Å². The molecule has 2 aromatic carbocycles. The molecule has 0 saturated carbocycles. The van der Waals surface area contributed by atoms with E-state index in [1.165, 1.54) is 0 Å². The normalized spacial score (nSPS) is 11.6. The Labute approximate surface area is 159 Å². The van der Waals surface area contributed by atoms with Gasteiger partial charge in [0, 0.05) is 38.8 Å².